The van der Waals surface area contributed by atoms with Crippen molar-refractivity contribution in [3.8, 4) is 36.0 Å². The summed E-state index contributed by atoms with van der Waals surface area (Å²) in [6.07, 6.45) is 17.0. The van der Waals surface area contributed by atoms with Crippen LogP contribution in [0.3, 0.4) is 0 Å². The Morgan fingerprint density at radius 1 is 1.22 bits per heavy atom. The second kappa shape index (κ2) is 12.5. The first-order valence-electron chi connectivity index (χ1n) is 11.4. The van der Waals surface area contributed by atoms with Crippen LogP contribution >= 0.6 is 0 Å². The number of nitrogens with zero attached hydrogens (tertiary/aromatic N) is 4. The van der Waals surface area contributed by atoms with Crippen LogP contribution in [0.2, 0.25) is 0 Å². The van der Waals surface area contributed by atoms with Crippen LogP contribution in [0.4, 0.5) is 10.1 Å². The minimum atomic E-state index is -0.267. The van der Waals surface area contributed by atoms with Gasteiger partial charge in [-0.05, 0) is 61.2 Å². The van der Waals surface area contributed by atoms with E-state index in [9.17, 15) is 9.18 Å². The summed E-state index contributed by atoms with van der Waals surface area (Å²) in [7, 11) is 0. The number of terminal acetylenes is 1. The van der Waals surface area contributed by atoms with E-state index in [0.717, 1.165) is 40.7 Å². The second-order valence-corrected chi connectivity index (χ2v) is 7.99. The molecule has 0 aliphatic carbocycles. The van der Waals surface area contributed by atoms with Crippen molar-refractivity contribution in [1.29, 1.82) is 5.26 Å². The first-order valence-corrected chi connectivity index (χ1v) is 11.4. The summed E-state index contributed by atoms with van der Waals surface area (Å²) >= 11 is 0. The zero-order valence-electron chi connectivity index (χ0n) is 20.3. The van der Waals surface area contributed by atoms with Crippen molar-refractivity contribution in [1.82, 2.24) is 24.5 Å². The van der Waals surface area contributed by atoms with Crippen molar-refractivity contribution in [2.24, 2.45) is 0 Å². The molecule has 186 valence electrons. The largest absolute Gasteiger partial charge is 0.398 e. The van der Waals surface area contributed by atoms with Crippen LogP contribution in [0.5, 0.6) is 0 Å². The molecule has 0 spiro atoms. The fourth-order valence-electron chi connectivity index (χ4n) is 3.75. The van der Waals surface area contributed by atoms with Crippen LogP contribution < -0.4 is 11.3 Å². The van der Waals surface area contributed by atoms with Gasteiger partial charge in [0.15, 0.2) is 0 Å². The van der Waals surface area contributed by atoms with Crippen molar-refractivity contribution >= 4 is 16.7 Å². The summed E-state index contributed by atoms with van der Waals surface area (Å²) in [5, 5.41) is 8.27. The van der Waals surface area contributed by atoms with Crippen LogP contribution in [0, 0.1) is 36.9 Å². The van der Waals surface area contributed by atoms with Crippen molar-refractivity contribution in [3.05, 3.63) is 94.7 Å². The highest BCUT2D eigenvalue weighted by molar-refractivity contribution is 5.86. The molecule has 5 rings (SSSR count). The molecule has 0 fully saturated rings. The van der Waals surface area contributed by atoms with Gasteiger partial charge >= 0.3 is 0 Å². The van der Waals surface area contributed by atoms with Gasteiger partial charge in [0.2, 0.25) is 0 Å². The molecule has 0 bridgehead atoms. The van der Waals surface area contributed by atoms with Gasteiger partial charge in [-0.25, -0.2) is 14.4 Å². The fourth-order valence-corrected chi connectivity index (χ4v) is 3.75. The zero-order chi connectivity index (χ0) is 26.8. The number of fused-ring (bicyclic) bond motifs is 1. The molecule has 0 amide bonds. The third-order valence-corrected chi connectivity index (χ3v) is 5.44. The third-order valence-electron chi connectivity index (χ3n) is 5.44. The lowest BCUT2D eigenvalue weighted by Gasteiger charge is -2.03. The van der Waals surface area contributed by atoms with Crippen LogP contribution in [0.25, 0.3) is 28.1 Å². The van der Waals surface area contributed by atoms with E-state index >= 15 is 0 Å². The van der Waals surface area contributed by atoms with Gasteiger partial charge in [0.25, 0.3) is 5.56 Å². The average molecular weight is 496 g/mol. The smallest absolute Gasteiger partial charge is 0.261 e. The van der Waals surface area contributed by atoms with E-state index in [-0.39, 0.29) is 11.4 Å². The Labute approximate surface area is 213 Å². The van der Waals surface area contributed by atoms with Crippen LogP contribution in [-0.2, 0) is 6.42 Å². The molecule has 0 radical (unpaired) electrons. The maximum atomic E-state index is 12.6. The number of imidazole rings is 2. The van der Waals surface area contributed by atoms with Gasteiger partial charge in [0.1, 0.15) is 17.2 Å². The van der Waals surface area contributed by atoms with Crippen molar-refractivity contribution in [3.63, 3.8) is 0 Å². The summed E-state index contributed by atoms with van der Waals surface area (Å²) < 4.78 is 14.5. The van der Waals surface area contributed by atoms with E-state index in [1.165, 1.54) is 18.3 Å². The number of H-pyrrole nitrogens is 2. The van der Waals surface area contributed by atoms with Gasteiger partial charge in [-0.2, -0.15) is 5.26 Å². The monoisotopic (exact) mass is 495 g/mol. The van der Waals surface area contributed by atoms with Gasteiger partial charge in [-0.15, -0.1) is 12.8 Å². The van der Waals surface area contributed by atoms with Crippen molar-refractivity contribution in [2.45, 2.75) is 26.2 Å². The minimum absolute atomic E-state index is 0.204. The number of nitrogens with two attached hydrogens (primary N) is 1. The highest BCUT2D eigenvalue weighted by Crippen LogP contribution is 2.26. The number of aromatic nitrogens is 5. The Kier molecular flexibility index (Phi) is 8.95. The molecular formula is C28H26FN7O. The maximum absolute atomic E-state index is 12.6. The molecule has 4 N–H and O–H groups in total. The van der Waals surface area contributed by atoms with E-state index in [1.54, 1.807) is 24.7 Å². The van der Waals surface area contributed by atoms with E-state index < -0.39 is 0 Å². The Balaban J connectivity index is 0.000000231. The van der Waals surface area contributed by atoms with Gasteiger partial charge < -0.3 is 20.3 Å². The molecule has 37 heavy (non-hydrogen) atoms. The quantitative estimate of drug-likeness (QED) is 0.236. The van der Waals surface area contributed by atoms with E-state index in [2.05, 4.69) is 38.9 Å². The van der Waals surface area contributed by atoms with Crippen LogP contribution in [-0.4, -0.2) is 24.5 Å². The lowest BCUT2D eigenvalue weighted by atomic mass is 10.1. The summed E-state index contributed by atoms with van der Waals surface area (Å²) in [5.41, 5.74) is 11.0. The predicted molar refractivity (Wildman–Crippen MR) is 143 cm³/mol. The lowest BCUT2D eigenvalue weighted by Crippen LogP contribution is -2.11. The average Bonchev–Trinajstić information content (AvgIpc) is 3.57. The van der Waals surface area contributed by atoms with Crippen LogP contribution in [0.1, 0.15) is 24.0 Å². The number of unbranched alkanes of at least 4 members (excludes halogenated alkanes) is 1. The number of pyridine rings is 1. The molecule has 0 atom stereocenters. The van der Waals surface area contributed by atoms with E-state index in [4.69, 9.17) is 11.0 Å². The van der Waals surface area contributed by atoms with E-state index in [1.807, 2.05) is 35.9 Å². The maximum Gasteiger partial charge on any atom is 0.261 e. The Morgan fingerprint density at radius 2 is 2.03 bits per heavy atom. The summed E-state index contributed by atoms with van der Waals surface area (Å²) in [4.78, 5) is 26.5. The number of aromatic amines is 2. The number of anilines is 1. The molecule has 8 nitrogen and oxygen atoms in total. The highest BCUT2D eigenvalue weighted by Gasteiger charge is 2.14. The minimum Gasteiger partial charge on any atom is -0.398 e. The van der Waals surface area contributed by atoms with Crippen molar-refractivity contribution in [2.75, 3.05) is 5.73 Å². The number of benzene rings is 2. The SMILES string of the molecule is C#C.Cc1cc(-n2ccnc2)cc2[nH]c(-c3c(N)cc[nH]c3=O)nc12.N#CCCCc1cccc(F)c1. The predicted octanol–water partition coefficient (Wildman–Crippen LogP) is 4.92. The normalized spacial score (nSPS) is 10.0. The summed E-state index contributed by atoms with van der Waals surface area (Å²) in [5.74, 6) is 0.259. The molecule has 0 saturated heterocycles. The zero-order valence-corrected chi connectivity index (χ0v) is 20.3. The number of hydrogen-bond acceptors (Lipinski definition) is 5. The lowest BCUT2D eigenvalue weighted by molar-refractivity contribution is 0.624. The highest BCUT2D eigenvalue weighted by atomic mass is 19.1. The molecule has 3 aromatic heterocycles. The standard InChI is InChI=1S/C16H14N6O.C10H10FN.C2H2/c1-9-6-10(22-5-4-18-8-22)7-12-14(9)21-15(20-12)13-11(17)2-3-19-16(13)23;11-10-6-3-5-9(8-10)4-1-2-7-12;1-2/h2-8H,1H3,(H,20,21)(H3,17,19,23);3,5-6,8H,1-2,4H2;1-2H. The Morgan fingerprint density at radius 3 is 2.70 bits per heavy atom. The van der Waals surface area contributed by atoms with Gasteiger partial charge in [0, 0.05) is 36.4 Å². The topological polar surface area (TPSA) is 129 Å². The van der Waals surface area contributed by atoms with Gasteiger partial charge in [0.05, 0.1) is 23.4 Å². The van der Waals surface area contributed by atoms with Crippen molar-refractivity contribution < 1.29 is 4.39 Å². The molecule has 0 aliphatic rings. The first-order chi connectivity index (χ1) is 18.0. The number of aryl methyl sites for hydroxylation is 2. The number of nitrogens with one attached hydrogen (secondary N) is 2. The Hall–Kier alpha value is -5.15. The second-order valence-electron chi connectivity index (χ2n) is 7.99. The number of nitriles is 1. The molecule has 0 unspecified atom stereocenters. The summed E-state index contributed by atoms with van der Waals surface area (Å²) in [6.45, 7) is 1.98. The van der Waals surface area contributed by atoms with Gasteiger partial charge in [-0.3, -0.25) is 4.79 Å². The van der Waals surface area contributed by atoms with E-state index in [0.29, 0.717) is 23.5 Å². The summed E-state index contributed by atoms with van der Waals surface area (Å²) in [6, 6.07) is 14.2. The molecule has 9 heteroatoms. The van der Waals surface area contributed by atoms with Crippen LogP contribution in [0.15, 0.2) is 72.2 Å². The molecular weight excluding hydrogens is 469 g/mol. The molecule has 2 aromatic carbocycles. The number of nitrogen functional groups attached to an aromatic ring is 1. The number of halogens is 1. The fraction of sp³-hybridized carbons (Fsp3) is 0.143. The third kappa shape index (κ3) is 6.50. The molecule has 5 aromatic rings. The molecule has 0 saturated carbocycles. The first kappa shape index (κ1) is 26.5. The molecule has 3 heterocycles. The Bertz CT molecular complexity index is 1590. The van der Waals surface area contributed by atoms with Gasteiger partial charge in [-0.1, -0.05) is 12.1 Å². The number of hydrogen-bond donors (Lipinski definition) is 3. The molecule has 0 aliphatic heterocycles. The number of rotatable bonds is 5.